The smallest absolute Gasteiger partial charge is 0.252 e. The first kappa shape index (κ1) is 14.7. The summed E-state index contributed by atoms with van der Waals surface area (Å²) >= 11 is 0. The molecule has 1 atom stereocenters. The summed E-state index contributed by atoms with van der Waals surface area (Å²) in [6.45, 7) is 2.31. The Labute approximate surface area is 136 Å². The Hall–Kier alpha value is -1.88. The summed E-state index contributed by atoms with van der Waals surface area (Å²) in [7, 11) is 0. The van der Waals surface area contributed by atoms with Crippen LogP contribution < -0.4 is 5.32 Å². The zero-order valence-electron chi connectivity index (χ0n) is 13.2. The molecule has 3 heterocycles. The first-order chi connectivity index (χ1) is 11.2. The minimum absolute atomic E-state index is 0.0131. The first-order valence-electron chi connectivity index (χ1n) is 8.48. The fourth-order valence-electron chi connectivity index (χ4n) is 4.08. The second-order valence-corrected chi connectivity index (χ2v) is 6.85. The van der Waals surface area contributed by atoms with Crippen molar-refractivity contribution in [3.63, 3.8) is 0 Å². The van der Waals surface area contributed by atoms with Gasteiger partial charge in [-0.1, -0.05) is 18.2 Å². The van der Waals surface area contributed by atoms with E-state index in [0.29, 0.717) is 12.0 Å². The molecule has 2 fully saturated rings. The minimum Gasteiger partial charge on any atom is -0.375 e. The lowest BCUT2D eigenvalue weighted by Gasteiger charge is -2.40. The highest BCUT2D eigenvalue weighted by Gasteiger charge is 2.41. The van der Waals surface area contributed by atoms with Crippen LogP contribution in [-0.4, -0.2) is 48.1 Å². The minimum atomic E-state index is -0.434. The average Bonchev–Trinajstić information content (AvgIpc) is 3.03. The zero-order valence-corrected chi connectivity index (χ0v) is 13.2. The molecule has 2 saturated heterocycles. The molecule has 0 aliphatic carbocycles. The molecule has 1 spiro atoms. The van der Waals surface area contributed by atoms with E-state index in [9.17, 15) is 9.59 Å². The Morgan fingerprint density at radius 1 is 1.22 bits per heavy atom. The Bertz CT molecular complexity index is 627. The van der Waals surface area contributed by atoms with Gasteiger partial charge < -0.3 is 15.0 Å². The number of hydrogen-bond donors (Lipinski definition) is 1. The highest BCUT2D eigenvalue weighted by atomic mass is 16.5. The molecule has 122 valence electrons. The van der Waals surface area contributed by atoms with E-state index in [0.717, 1.165) is 50.9 Å². The maximum absolute atomic E-state index is 12.8. The SMILES string of the molecule is O=C1NC(C(=O)N2CCC3(CCCO3)CC2)Cc2ccccc21. The van der Waals surface area contributed by atoms with Gasteiger partial charge in [0.1, 0.15) is 6.04 Å². The number of carbonyl (C=O) groups is 2. The van der Waals surface area contributed by atoms with Gasteiger partial charge in [0.25, 0.3) is 5.91 Å². The molecule has 3 aliphatic heterocycles. The summed E-state index contributed by atoms with van der Waals surface area (Å²) in [6, 6.07) is 7.09. The number of likely N-dealkylation sites (tertiary alicyclic amines) is 1. The Kier molecular flexibility index (Phi) is 3.60. The number of ether oxygens (including phenoxy) is 1. The summed E-state index contributed by atoms with van der Waals surface area (Å²) in [5, 5.41) is 2.87. The molecule has 5 nitrogen and oxygen atoms in total. The van der Waals surface area contributed by atoms with E-state index in [1.165, 1.54) is 0 Å². The van der Waals surface area contributed by atoms with Gasteiger partial charge in [-0.25, -0.2) is 0 Å². The lowest BCUT2D eigenvalue weighted by atomic mass is 9.88. The summed E-state index contributed by atoms with van der Waals surface area (Å²) in [6.07, 6.45) is 4.65. The maximum Gasteiger partial charge on any atom is 0.252 e. The molecule has 0 aromatic heterocycles. The van der Waals surface area contributed by atoms with Crippen LogP contribution in [0, 0.1) is 0 Å². The van der Waals surface area contributed by atoms with Crippen LogP contribution in [0.15, 0.2) is 24.3 Å². The topological polar surface area (TPSA) is 58.6 Å². The van der Waals surface area contributed by atoms with Crippen molar-refractivity contribution in [2.45, 2.75) is 43.7 Å². The Morgan fingerprint density at radius 3 is 2.74 bits per heavy atom. The third kappa shape index (κ3) is 2.63. The van der Waals surface area contributed by atoms with Gasteiger partial charge in [0, 0.05) is 31.7 Å². The molecular formula is C18H22N2O3. The number of benzene rings is 1. The van der Waals surface area contributed by atoms with Gasteiger partial charge in [-0.2, -0.15) is 0 Å². The number of hydrogen-bond acceptors (Lipinski definition) is 3. The normalized spacial score (nSPS) is 26.0. The average molecular weight is 314 g/mol. The van der Waals surface area contributed by atoms with Gasteiger partial charge in [0.05, 0.1) is 5.60 Å². The first-order valence-corrected chi connectivity index (χ1v) is 8.48. The van der Waals surface area contributed by atoms with E-state index in [2.05, 4.69) is 5.32 Å². The molecule has 0 saturated carbocycles. The van der Waals surface area contributed by atoms with Crippen LogP contribution in [-0.2, 0) is 16.0 Å². The molecule has 5 heteroatoms. The van der Waals surface area contributed by atoms with E-state index >= 15 is 0 Å². The highest BCUT2D eigenvalue weighted by Crippen LogP contribution is 2.35. The van der Waals surface area contributed by atoms with Crippen LogP contribution in [0.4, 0.5) is 0 Å². The third-order valence-corrected chi connectivity index (χ3v) is 5.46. The molecule has 1 unspecified atom stereocenters. The Balaban J connectivity index is 1.43. The van der Waals surface area contributed by atoms with Crippen molar-refractivity contribution in [3.8, 4) is 0 Å². The van der Waals surface area contributed by atoms with E-state index in [1.54, 1.807) is 0 Å². The lowest BCUT2D eigenvalue weighted by molar-refractivity contribution is -0.138. The quantitative estimate of drug-likeness (QED) is 0.855. The molecule has 4 rings (SSSR count). The molecule has 2 amide bonds. The van der Waals surface area contributed by atoms with E-state index in [4.69, 9.17) is 4.74 Å². The predicted molar refractivity (Wildman–Crippen MR) is 85.1 cm³/mol. The van der Waals surface area contributed by atoms with Crippen molar-refractivity contribution in [2.75, 3.05) is 19.7 Å². The van der Waals surface area contributed by atoms with Crippen LogP contribution in [0.5, 0.6) is 0 Å². The van der Waals surface area contributed by atoms with Gasteiger partial charge in [0.15, 0.2) is 0 Å². The molecule has 3 aliphatic rings. The number of amides is 2. The lowest BCUT2D eigenvalue weighted by Crippen LogP contribution is -2.55. The van der Waals surface area contributed by atoms with Gasteiger partial charge in [-0.05, 0) is 37.3 Å². The fourth-order valence-corrected chi connectivity index (χ4v) is 4.08. The van der Waals surface area contributed by atoms with Crippen LogP contribution >= 0.6 is 0 Å². The van der Waals surface area contributed by atoms with Crippen molar-refractivity contribution in [3.05, 3.63) is 35.4 Å². The van der Waals surface area contributed by atoms with Gasteiger partial charge >= 0.3 is 0 Å². The van der Waals surface area contributed by atoms with Crippen molar-refractivity contribution < 1.29 is 14.3 Å². The highest BCUT2D eigenvalue weighted by molar-refractivity contribution is 6.00. The van der Waals surface area contributed by atoms with Crippen molar-refractivity contribution in [1.29, 1.82) is 0 Å². The van der Waals surface area contributed by atoms with Crippen LogP contribution in [0.3, 0.4) is 0 Å². The summed E-state index contributed by atoms with van der Waals surface area (Å²) in [5.74, 6) is -0.0986. The van der Waals surface area contributed by atoms with E-state index < -0.39 is 6.04 Å². The predicted octanol–water partition coefficient (Wildman–Crippen LogP) is 1.51. The maximum atomic E-state index is 12.8. The summed E-state index contributed by atoms with van der Waals surface area (Å²) < 4.78 is 5.91. The number of piperidine rings is 1. The fraction of sp³-hybridized carbons (Fsp3) is 0.556. The van der Waals surface area contributed by atoms with Gasteiger partial charge in [0.2, 0.25) is 5.91 Å². The summed E-state index contributed by atoms with van der Waals surface area (Å²) in [5.41, 5.74) is 1.66. The Morgan fingerprint density at radius 2 is 2.00 bits per heavy atom. The van der Waals surface area contributed by atoms with Crippen LogP contribution in [0.2, 0.25) is 0 Å². The monoisotopic (exact) mass is 314 g/mol. The number of fused-ring (bicyclic) bond motifs is 1. The number of carbonyl (C=O) groups excluding carboxylic acids is 2. The van der Waals surface area contributed by atoms with E-state index in [1.807, 2.05) is 29.2 Å². The molecule has 0 radical (unpaired) electrons. The standard InChI is InChI=1S/C18H22N2O3/c21-16-14-5-2-1-4-13(14)12-15(19-16)17(22)20-9-7-18(8-10-20)6-3-11-23-18/h1-2,4-5,15H,3,6-12H2,(H,19,21). The van der Waals surface area contributed by atoms with Crippen molar-refractivity contribution in [2.24, 2.45) is 0 Å². The second kappa shape index (κ2) is 5.64. The largest absolute Gasteiger partial charge is 0.375 e. The number of nitrogens with one attached hydrogen (secondary N) is 1. The third-order valence-electron chi connectivity index (χ3n) is 5.46. The van der Waals surface area contributed by atoms with Crippen LogP contribution in [0.25, 0.3) is 0 Å². The zero-order chi connectivity index (χ0) is 15.9. The number of rotatable bonds is 1. The number of nitrogens with zero attached hydrogens (tertiary/aromatic N) is 1. The molecule has 1 aromatic rings. The van der Waals surface area contributed by atoms with Crippen LogP contribution in [0.1, 0.15) is 41.6 Å². The molecular weight excluding hydrogens is 292 g/mol. The van der Waals surface area contributed by atoms with Gasteiger partial charge in [-0.15, -0.1) is 0 Å². The van der Waals surface area contributed by atoms with E-state index in [-0.39, 0.29) is 17.4 Å². The molecule has 23 heavy (non-hydrogen) atoms. The molecule has 1 N–H and O–H groups in total. The van der Waals surface area contributed by atoms with Gasteiger partial charge in [-0.3, -0.25) is 9.59 Å². The van der Waals surface area contributed by atoms with Crippen molar-refractivity contribution in [1.82, 2.24) is 10.2 Å². The van der Waals surface area contributed by atoms with Crippen molar-refractivity contribution >= 4 is 11.8 Å². The second-order valence-electron chi connectivity index (χ2n) is 6.85. The summed E-state index contributed by atoms with van der Waals surface area (Å²) in [4.78, 5) is 26.9. The molecule has 0 bridgehead atoms. The molecule has 1 aromatic carbocycles.